The third-order valence-corrected chi connectivity index (χ3v) is 5.54. The van der Waals surface area contributed by atoms with Crippen molar-refractivity contribution in [2.45, 2.75) is 13.8 Å². The average Bonchev–Trinajstić information content (AvgIpc) is 2.92. The van der Waals surface area contributed by atoms with E-state index in [1.165, 1.54) is 0 Å². The number of rotatable bonds is 10. The summed E-state index contributed by atoms with van der Waals surface area (Å²) in [6, 6.07) is 23.0. The van der Waals surface area contributed by atoms with Crippen molar-refractivity contribution in [1.29, 1.82) is 0 Å². The van der Waals surface area contributed by atoms with Gasteiger partial charge in [0.25, 0.3) is 11.8 Å². The zero-order chi connectivity index (χ0) is 25.9. The molecule has 36 heavy (non-hydrogen) atoms. The minimum absolute atomic E-state index is 0.0675. The molecule has 3 aromatic rings. The second kappa shape index (κ2) is 12.9. The van der Waals surface area contributed by atoms with Crippen molar-refractivity contribution in [3.63, 3.8) is 0 Å². The molecule has 7 nitrogen and oxygen atoms in total. The van der Waals surface area contributed by atoms with Gasteiger partial charge >= 0.3 is 5.97 Å². The fourth-order valence-electron chi connectivity index (χ4n) is 3.61. The summed E-state index contributed by atoms with van der Waals surface area (Å²) in [5.74, 6) is -0.584. The Bertz CT molecular complexity index is 1220. The Kier molecular flexibility index (Phi) is 9.40. The van der Waals surface area contributed by atoms with E-state index in [-0.39, 0.29) is 5.91 Å². The lowest BCUT2D eigenvalue weighted by molar-refractivity contribution is -0.141. The smallest absolute Gasteiger partial charge is 0.339 e. The first-order valence-electron chi connectivity index (χ1n) is 11.7. The number of hydrogen-bond donors (Lipinski definition) is 1. The molecule has 0 saturated heterocycles. The van der Waals surface area contributed by atoms with Crippen LogP contribution in [-0.2, 0) is 14.3 Å². The number of amides is 2. The molecule has 186 valence electrons. The molecule has 3 rings (SSSR count). The number of esters is 1. The van der Waals surface area contributed by atoms with Gasteiger partial charge < -0.3 is 19.7 Å². The molecule has 0 aromatic heterocycles. The van der Waals surface area contributed by atoms with Crippen molar-refractivity contribution in [1.82, 2.24) is 4.90 Å². The van der Waals surface area contributed by atoms with E-state index in [0.29, 0.717) is 46.8 Å². The second-order valence-electron chi connectivity index (χ2n) is 7.85. The lowest BCUT2D eigenvalue weighted by Gasteiger charge is -2.18. The fraction of sp³-hybridized carbons (Fsp3) is 0.207. The Labute approximate surface area is 211 Å². The van der Waals surface area contributed by atoms with Crippen LogP contribution in [-0.4, -0.2) is 49.5 Å². The highest BCUT2D eigenvalue weighted by molar-refractivity contribution is 6.22. The van der Waals surface area contributed by atoms with E-state index in [1.807, 2.05) is 50.2 Å². The van der Waals surface area contributed by atoms with E-state index in [2.05, 4.69) is 5.32 Å². The molecule has 2 amide bonds. The molecule has 0 atom stereocenters. The Balaban J connectivity index is 1.68. The molecule has 0 radical (unpaired) electrons. The number of ether oxygens (including phenoxy) is 2. The first-order valence-corrected chi connectivity index (χ1v) is 11.7. The van der Waals surface area contributed by atoms with Gasteiger partial charge in [-0.1, -0.05) is 48.5 Å². The van der Waals surface area contributed by atoms with Gasteiger partial charge in [0.2, 0.25) is 0 Å². The quantitative estimate of drug-likeness (QED) is 0.250. The molecule has 0 spiro atoms. The summed E-state index contributed by atoms with van der Waals surface area (Å²) in [6.45, 7) is 4.62. The van der Waals surface area contributed by atoms with E-state index >= 15 is 0 Å². The van der Waals surface area contributed by atoms with Crippen LogP contribution in [0.4, 0.5) is 5.69 Å². The summed E-state index contributed by atoms with van der Waals surface area (Å²) in [4.78, 5) is 39.6. The normalized spacial score (nSPS) is 10.9. The number of carbonyl (C=O) groups is 3. The Morgan fingerprint density at radius 1 is 0.833 bits per heavy atom. The van der Waals surface area contributed by atoms with Crippen LogP contribution in [0.25, 0.3) is 11.6 Å². The third kappa shape index (κ3) is 6.82. The standard InChI is InChI=1S/C29H30N2O5/c1-4-31(5-2)28(33)22-15-17-24(18-16-22)30-27(32)20-36-29(34)25(21-11-7-6-8-12-21)19-23-13-9-10-14-26(23)35-3/h6-19H,4-5,20H2,1-3H3,(H,30,32)/b25-19+. The van der Waals surface area contributed by atoms with Gasteiger partial charge in [0.05, 0.1) is 12.7 Å². The number of nitrogens with zero attached hydrogens (tertiary/aromatic N) is 1. The van der Waals surface area contributed by atoms with Gasteiger partial charge in [-0.2, -0.15) is 0 Å². The lowest BCUT2D eigenvalue weighted by atomic mass is 10.0. The number of anilines is 1. The molecule has 0 saturated carbocycles. The number of benzene rings is 3. The highest BCUT2D eigenvalue weighted by Gasteiger charge is 2.17. The van der Waals surface area contributed by atoms with Crippen molar-refractivity contribution in [2.75, 3.05) is 32.1 Å². The van der Waals surface area contributed by atoms with Gasteiger partial charge in [0, 0.05) is 29.9 Å². The first kappa shape index (κ1) is 26.2. The molecule has 0 heterocycles. The zero-order valence-corrected chi connectivity index (χ0v) is 20.7. The van der Waals surface area contributed by atoms with Gasteiger partial charge in [-0.05, 0) is 55.8 Å². The van der Waals surface area contributed by atoms with Crippen molar-refractivity contribution in [3.8, 4) is 5.75 Å². The number of methoxy groups -OCH3 is 1. The van der Waals surface area contributed by atoms with Gasteiger partial charge in [0.15, 0.2) is 6.61 Å². The van der Waals surface area contributed by atoms with Crippen molar-refractivity contribution >= 4 is 35.1 Å². The summed E-state index contributed by atoms with van der Waals surface area (Å²) < 4.78 is 10.7. The molecule has 0 unspecified atom stereocenters. The fourth-order valence-corrected chi connectivity index (χ4v) is 3.61. The van der Waals surface area contributed by atoms with E-state index in [9.17, 15) is 14.4 Å². The van der Waals surface area contributed by atoms with E-state index in [4.69, 9.17) is 9.47 Å². The maximum atomic E-state index is 13.0. The minimum Gasteiger partial charge on any atom is -0.496 e. The third-order valence-electron chi connectivity index (χ3n) is 5.54. The Morgan fingerprint density at radius 3 is 2.11 bits per heavy atom. The number of hydrogen-bond acceptors (Lipinski definition) is 5. The molecule has 0 fully saturated rings. The molecule has 7 heteroatoms. The maximum Gasteiger partial charge on any atom is 0.339 e. The van der Waals surface area contributed by atoms with Crippen LogP contribution in [0.5, 0.6) is 5.75 Å². The molecule has 0 aliphatic carbocycles. The molecule has 3 aromatic carbocycles. The Morgan fingerprint density at radius 2 is 1.47 bits per heavy atom. The van der Waals surface area contributed by atoms with Crippen LogP contribution in [0.3, 0.4) is 0 Å². The number of carbonyl (C=O) groups excluding carboxylic acids is 3. The lowest BCUT2D eigenvalue weighted by Crippen LogP contribution is -2.30. The van der Waals surface area contributed by atoms with Crippen molar-refractivity contribution in [3.05, 3.63) is 95.6 Å². The van der Waals surface area contributed by atoms with Crippen LogP contribution in [0.2, 0.25) is 0 Å². The zero-order valence-electron chi connectivity index (χ0n) is 20.7. The molecular formula is C29H30N2O5. The number of para-hydroxylation sites is 1. The van der Waals surface area contributed by atoms with Crippen molar-refractivity contribution in [2.24, 2.45) is 0 Å². The summed E-state index contributed by atoms with van der Waals surface area (Å²) in [7, 11) is 1.56. The summed E-state index contributed by atoms with van der Waals surface area (Å²) in [5.41, 5.74) is 2.70. The number of nitrogens with one attached hydrogen (secondary N) is 1. The van der Waals surface area contributed by atoms with Gasteiger partial charge in [0.1, 0.15) is 5.75 Å². The van der Waals surface area contributed by atoms with E-state index in [0.717, 1.165) is 0 Å². The second-order valence-corrected chi connectivity index (χ2v) is 7.85. The predicted molar refractivity (Wildman–Crippen MR) is 141 cm³/mol. The van der Waals surface area contributed by atoms with Crippen LogP contribution in [0, 0.1) is 0 Å². The largest absolute Gasteiger partial charge is 0.496 e. The minimum atomic E-state index is -0.637. The predicted octanol–water partition coefficient (Wildman–Crippen LogP) is 4.90. The molecule has 1 N–H and O–H groups in total. The van der Waals surface area contributed by atoms with Gasteiger partial charge in [-0.25, -0.2) is 4.79 Å². The van der Waals surface area contributed by atoms with Crippen LogP contribution in [0.1, 0.15) is 35.3 Å². The average molecular weight is 487 g/mol. The Hall–Kier alpha value is -4.39. The maximum absolute atomic E-state index is 13.0. The van der Waals surface area contributed by atoms with Crippen molar-refractivity contribution < 1.29 is 23.9 Å². The van der Waals surface area contributed by atoms with E-state index in [1.54, 1.807) is 60.6 Å². The summed E-state index contributed by atoms with van der Waals surface area (Å²) >= 11 is 0. The topological polar surface area (TPSA) is 84.9 Å². The monoisotopic (exact) mass is 486 g/mol. The highest BCUT2D eigenvalue weighted by atomic mass is 16.5. The van der Waals surface area contributed by atoms with Crippen LogP contribution < -0.4 is 10.1 Å². The van der Waals surface area contributed by atoms with Crippen LogP contribution in [0.15, 0.2) is 78.9 Å². The van der Waals surface area contributed by atoms with E-state index < -0.39 is 18.5 Å². The molecule has 0 bridgehead atoms. The molecule has 0 aliphatic heterocycles. The van der Waals surface area contributed by atoms with Gasteiger partial charge in [-0.3, -0.25) is 9.59 Å². The molecular weight excluding hydrogens is 456 g/mol. The van der Waals surface area contributed by atoms with Gasteiger partial charge in [-0.15, -0.1) is 0 Å². The van der Waals surface area contributed by atoms with Crippen LogP contribution >= 0.6 is 0 Å². The highest BCUT2D eigenvalue weighted by Crippen LogP contribution is 2.25. The summed E-state index contributed by atoms with van der Waals surface area (Å²) in [5, 5.41) is 2.69. The molecule has 0 aliphatic rings. The SMILES string of the molecule is CCN(CC)C(=O)c1ccc(NC(=O)COC(=O)/C(=C/c2ccccc2OC)c2ccccc2)cc1. The summed E-state index contributed by atoms with van der Waals surface area (Å²) in [6.07, 6.45) is 1.68. The first-order chi connectivity index (χ1) is 17.5.